The second-order valence-electron chi connectivity index (χ2n) is 9.37. The van der Waals surface area contributed by atoms with E-state index in [4.69, 9.17) is 0 Å². The number of nitro groups is 1. The molecule has 1 heterocycles. The van der Waals surface area contributed by atoms with Crippen LogP contribution in [0.4, 0.5) is 11.4 Å². The zero-order valence-electron chi connectivity index (χ0n) is 18.3. The van der Waals surface area contributed by atoms with Crippen LogP contribution in [0.1, 0.15) is 55.7 Å². The Hall–Kier alpha value is -3.28. The maximum absolute atomic E-state index is 13.5. The minimum Gasteiger partial charge on any atom is -0.294 e. The van der Waals surface area contributed by atoms with Gasteiger partial charge in [0.2, 0.25) is 5.91 Å². The van der Waals surface area contributed by atoms with Gasteiger partial charge in [0.25, 0.3) is 5.69 Å². The Morgan fingerprint density at radius 1 is 1.03 bits per heavy atom. The minimum atomic E-state index is -0.460. The number of carbonyl (C=O) groups is 2. The number of allylic oxidation sites excluding steroid dienone is 2. The van der Waals surface area contributed by atoms with Gasteiger partial charge in [-0.2, -0.15) is 0 Å². The van der Waals surface area contributed by atoms with Gasteiger partial charge in [0.05, 0.1) is 10.6 Å². The third-order valence-corrected chi connectivity index (χ3v) is 6.35. The fourth-order valence-corrected chi connectivity index (χ4v) is 4.89. The molecule has 0 saturated heterocycles. The van der Waals surface area contributed by atoms with E-state index in [1.54, 1.807) is 11.0 Å². The van der Waals surface area contributed by atoms with Crippen LogP contribution < -0.4 is 4.90 Å². The van der Waals surface area contributed by atoms with Gasteiger partial charge in [-0.1, -0.05) is 44.2 Å². The summed E-state index contributed by atoms with van der Waals surface area (Å²) < 4.78 is 0. The maximum atomic E-state index is 13.5. The van der Waals surface area contributed by atoms with Gasteiger partial charge in [-0.3, -0.25) is 24.6 Å². The Balaban J connectivity index is 1.95. The molecule has 1 unspecified atom stereocenters. The molecule has 1 aliphatic heterocycles. The molecule has 1 aliphatic carbocycles. The van der Waals surface area contributed by atoms with Gasteiger partial charge in [-0.25, -0.2) is 0 Å². The van der Waals surface area contributed by atoms with Crippen LogP contribution in [0.2, 0.25) is 0 Å². The Bertz CT molecular complexity index is 1150. The average Bonchev–Trinajstić information content (AvgIpc) is 2.67. The zero-order valence-corrected chi connectivity index (χ0v) is 18.3. The number of hydrogen-bond acceptors (Lipinski definition) is 4. The number of aryl methyl sites for hydroxylation is 2. The lowest BCUT2D eigenvalue weighted by Gasteiger charge is -2.43. The maximum Gasteiger partial charge on any atom is 0.271 e. The van der Waals surface area contributed by atoms with Crippen molar-refractivity contribution in [3.8, 4) is 0 Å². The van der Waals surface area contributed by atoms with Crippen LogP contribution in [0, 0.1) is 29.4 Å². The molecule has 4 rings (SSSR count). The first-order chi connectivity index (χ1) is 14.6. The molecule has 0 spiro atoms. The molecule has 31 heavy (non-hydrogen) atoms. The molecule has 6 nitrogen and oxygen atoms in total. The average molecular weight is 418 g/mol. The van der Waals surface area contributed by atoms with Gasteiger partial charge >= 0.3 is 0 Å². The van der Waals surface area contributed by atoms with Crippen LogP contribution in [0.5, 0.6) is 0 Å². The summed E-state index contributed by atoms with van der Waals surface area (Å²) in [5.41, 5.74) is 4.29. The molecule has 160 valence electrons. The normalized spacial score (nSPS) is 20.6. The van der Waals surface area contributed by atoms with Gasteiger partial charge in [-0.15, -0.1) is 0 Å². The molecule has 0 fully saturated rings. The van der Waals surface area contributed by atoms with E-state index in [1.165, 1.54) is 12.1 Å². The smallest absolute Gasteiger partial charge is 0.271 e. The first kappa shape index (κ1) is 21.0. The molecular weight excluding hydrogens is 392 g/mol. The highest BCUT2D eigenvalue weighted by Crippen LogP contribution is 2.49. The quantitative estimate of drug-likeness (QED) is 0.495. The molecule has 0 radical (unpaired) electrons. The predicted molar refractivity (Wildman–Crippen MR) is 119 cm³/mol. The summed E-state index contributed by atoms with van der Waals surface area (Å²) >= 11 is 0. The Morgan fingerprint density at radius 2 is 1.74 bits per heavy atom. The Kier molecular flexibility index (Phi) is 5.04. The van der Waals surface area contributed by atoms with E-state index >= 15 is 0 Å². The van der Waals surface area contributed by atoms with E-state index in [9.17, 15) is 19.7 Å². The highest BCUT2D eigenvalue weighted by molar-refractivity contribution is 6.08. The molecule has 2 aliphatic rings. The van der Waals surface area contributed by atoms with Crippen molar-refractivity contribution < 1.29 is 14.5 Å². The molecule has 0 saturated carbocycles. The summed E-state index contributed by atoms with van der Waals surface area (Å²) in [4.78, 5) is 39.4. The third kappa shape index (κ3) is 3.67. The molecule has 0 N–H and O–H groups in total. The van der Waals surface area contributed by atoms with Crippen LogP contribution in [-0.2, 0) is 9.59 Å². The summed E-state index contributed by atoms with van der Waals surface area (Å²) in [6.45, 7) is 7.87. The third-order valence-electron chi connectivity index (χ3n) is 6.35. The van der Waals surface area contributed by atoms with Crippen molar-refractivity contribution in [2.45, 2.75) is 52.9 Å². The van der Waals surface area contributed by atoms with Crippen molar-refractivity contribution in [3.05, 3.63) is 80.5 Å². The second-order valence-corrected chi connectivity index (χ2v) is 9.37. The molecule has 0 aromatic heterocycles. The number of rotatable bonds is 3. The van der Waals surface area contributed by atoms with Crippen LogP contribution in [0.25, 0.3) is 0 Å². The Labute approximate surface area is 181 Å². The van der Waals surface area contributed by atoms with Crippen molar-refractivity contribution in [1.82, 2.24) is 0 Å². The van der Waals surface area contributed by atoms with Gasteiger partial charge < -0.3 is 0 Å². The van der Waals surface area contributed by atoms with Gasteiger partial charge in [0.1, 0.15) is 0 Å². The number of amides is 1. The topological polar surface area (TPSA) is 80.5 Å². The van der Waals surface area contributed by atoms with Crippen LogP contribution in [-0.4, -0.2) is 16.6 Å². The van der Waals surface area contributed by atoms with E-state index in [2.05, 4.69) is 0 Å². The van der Waals surface area contributed by atoms with Gasteiger partial charge in [0, 0.05) is 42.2 Å². The lowest BCUT2D eigenvalue weighted by molar-refractivity contribution is -0.384. The van der Waals surface area contributed by atoms with Crippen molar-refractivity contribution in [1.29, 1.82) is 0 Å². The standard InChI is InChI=1S/C25H26N2O4/c1-15-7-5-6-8-18(15)19-12-23(29)26(20-11-17(27(30)31)10-9-16(20)2)21-13-25(3,4)14-22(28)24(19)21/h5-11,19H,12-14H2,1-4H3. The second kappa shape index (κ2) is 7.45. The summed E-state index contributed by atoms with van der Waals surface area (Å²) in [6, 6.07) is 12.4. The van der Waals surface area contributed by atoms with Crippen LogP contribution in [0.3, 0.4) is 0 Å². The lowest BCUT2D eigenvalue weighted by atomic mass is 9.68. The first-order valence-corrected chi connectivity index (χ1v) is 10.5. The van der Waals surface area contributed by atoms with Crippen LogP contribution in [0.15, 0.2) is 53.7 Å². The van der Waals surface area contributed by atoms with Crippen LogP contribution >= 0.6 is 0 Å². The predicted octanol–water partition coefficient (Wildman–Crippen LogP) is 5.38. The SMILES string of the molecule is Cc1ccccc1C1CC(=O)N(c2cc([N+](=O)[O-])ccc2C)C2=C1C(=O)CC(C)(C)C2. The number of nitro benzene ring substituents is 1. The number of nitrogens with zero attached hydrogens (tertiary/aromatic N) is 2. The van der Waals surface area contributed by atoms with E-state index in [0.29, 0.717) is 29.8 Å². The molecule has 1 atom stereocenters. The lowest BCUT2D eigenvalue weighted by Crippen LogP contribution is -2.44. The van der Waals surface area contributed by atoms with Crippen molar-refractivity contribution in [2.24, 2.45) is 5.41 Å². The highest BCUT2D eigenvalue weighted by Gasteiger charge is 2.45. The summed E-state index contributed by atoms with van der Waals surface area (Å²) in [6.07, 6.45) is 1.15. The number of carbonyl (C=O) groups excluding carboxylic acids is 2. The fraction of sp³-hybridized carbons (Fsp3) is 0.360. The summed E-state index contributed by atoms with van der Waals surface area (Å²) in [7, 11) is 0. The van der Waals surface area contributed by atoms with Crippen molar-refractivity contribution in [3.63, 3.8) is 0 Å². The van der Waals surface area contributed by atoms with Crippen molar-refractivity contribution in [2.75, 3.05) is 4.90 Å². The molecule has 1 amide bonds. The van der Waals surface area contributed by atoms with E-state index < -0.39 is 4.92 Å². The number of ketones is 1. The number of anilines is 1. The monoisotopic (exact) mass is 418 g/mol. The zero-order chi connectivity index (χ0) is 22.5. The molecule has 6 heteroatoms. The highest BCUT2D eigenvalue weighted by atomic mass is 16.6. The fourth-order valence-electron chi connectivity index (χ4n) is 4.89. The molecular formula is C25H26N2O4. The molecule has 0 bridgehead atoms. The largest absolute Gasteiger partial charge is 0.294 e. The van der Waals surface area contributed by atoms with E-state index in [0.717, 1.165) is 16.7 Å². The summed E-state index contributed by atoms with van der Waals surface area (Å²) in [5.74, 6) is -0.372. The first-order valence-electron chi connectivity index (χ1n) is 10.5. The number of hydrogen-bond donors (Lipinski definition) is 0. The number of Topliss-reactive ketones (excluding diaryl/α,β-unsaturated/α-hetero) is 1. The van der Waals surface area contributed by atoms with E-state index in [1.807, 2.05) is 52.0 Å². The van der Waals surface area contributed by atoms with Gasteiger partial charge in [-0.05, 0) is 42.4 Å². The van der Waals surface area contributed by atoms with E-state index in [-0.39, 0.29) is 35.1 Å². The molecule has 2 aromatic rings. The molecule has 2 aromatic carbocycles. The van der Waals surface area contributed by atoms with Gasteiger partial charge in [0.15, 0.2) is 5.78 Å². The van der Waals surface area contributed by atoms with Crippen molar-refractivity contribution >= 4 is 23.1 Å². The number of non-ortho nitro benzene ring substituents is 1. The minimum absolute atomic E-state index is 0.0556. The number of benzene rings is 2. The Morgan fingerprint density at radius 3 is 2.42 bits per heavy atom. The summed E-state index contributed by atoms with van der Waals surface area (Å²) in [5, 5.41) is 11.4.